The third-order valence-electron chi connectivity index (χ3n) is 9.48. The first-order valence-electron chi connectivity index (χ1n) is 17.5. The Morgan fingerprint density at radius 1 is 1.13 bits per heavy atom. The molecule has 2 aliphatic rings. The van der Waals surface area contributed by atoms with Gasteiger partial charge in [0.25, 0.3) is 11.8 Å². The summed E-state index contributed by atoms with van der Waals surface area (Å²) >= 11 is 7.76. The number of nitrogens with one attached hydrogen (secondary N) is 1. The molecule has 2 aromatic carbocycles. The van der Waals surface area contributed by atoms with Crippen molar-refractivity contribution in [1.29, 1.82) is 0 Å². The van der Waals surface area contributed by atoms with Crippen LogP contribution in [0.3, 0.4) is 0 Å². The average molecular weight is 773 g/mol. The highest BCUT2D eigenvalue weighted by molar-refractivity contribution is 7.23. The van der Waals surface area contributed by atoms with Gasteiger partial charge < -0.3 is 24.9 Å². The molecule has 5 heterocycles. The molecule has 1 unspecified atom stereocenters. The van der Waals surface area contributed by atoms with E-state index in [2.05, 4.69) is 40.4 Å². The maximum atomic E-state index is 13.2. The molecule has 0 bridgehead atoms. The Morgan fingerprint density at radius 3 is 2.65 bits per heavy atom. The first kappa shape index (κ1) is 37.2. The van der Waals surface area contributed by atoms with Crippen LogP contribution in [0.15, 0.2) is 59.1 Å². The van der Waals surface area contributed by atoms with Crippen LogP contribution >= 0.6 is 22.9 Å². The number of carbonyl (C=O) groups is 1. The molecule has 54 heavy (non-hydrogen) atoms. The summed E-state index contributed by atoms with van der Waals surface area (Å²) in [7, 11) is 3.34. The molecular weight excluding hydrogens is 734 g/mol. The lowest BCUT2D eigenvalue weighted by atomic mass is 9.88. The molecule has 1 atom stereocenters. The summed E-state index contributed by atoms with van der Waals surface area (Å²) in [5, 5.41) is 13.3. The molecule has 14 heteroatoms. The van der Waals surface area contributed by atoms with Crippen molar-refractivity contribution < 1.29 is 27.5 Å². The van der Waals surface area contributed by atoms with Gasteiger partial charge in [0.2, 0.25) is 11.8 Å². The maximum absolute atomic E-state index is 13.2. The smallest absolute Gasteiger partial charge is 0.256 e. The fraction of sp³-hybridized carbons (Fsp3) is 0.325. The summed E-state index contributed by atoms with van der Waals surface area (Å²) in [6.07, 6.45) is 2.51. The van der Waals surface area contributed by atoms with Gasteiger partial charge in [0, 0.05) is 71.9 Å². The molecule has 6 aromatic rings. The number of primary amides is 1. The Kier molecular flexibility index (Phi) is 10.3. The molecule has 0 spiro atoms. The van der Waals surface area contributed by atoms with Crippen LogP contribution in [0.1, 0.15) is 64.1 Å². The number of hydrogen-bond donors (Lipinski definition) is 2. The van der Waals surface area contributed by atoms with Gasteiger partial charge in [-0.2, -0.15) is 0 Å². The lowest BCUT2D eigenvalue weighted by Gasteiger charge is -2.20. The fourth-order valence-electron chi connectivity index (χ4n) is 7.20. The van der Waals surface area contributed by atoms with Crippen molar-refractivity contribution in [1.82, 2.24) is 20.2 Å². The van der Waals surface area contributed by atoms with E-state index in [-0.39, 0.29) is 24.7 Å². The van der Waals surface area contributed by atoms with E-state index in [9.17, 15) is 13.6 Å². The summed E-state index contributed by atoms with van der Waals surface area (Å²) in [5.74, 6) is -0.0936. The van der Waals surface area contributed by atoms with Gasteiger partial charge in [-0.05, 0) is 53.6 Å². The number of carbonyl (C=O) groups excluding carboxylic acids is 1. The van der Waals surface area contributed by atoms with Crippen molar-refractivity contribution in [2.75, 3.05) is 26.1 Å². The summed E-state index contributed by atoms with van der Waals surface area (Å²) < 4.78 is 44.0. The number of methoxy groups -OCH3 is 1. The van der Waals surface area contributed by atoms with Gasteiger partial charge in [-0.3, -0.25) is 9.78 Å². The molecule has 1 aliphatic carbocycles. The molecular formula is C40H39ClF2N6O4S. The van der Waals surface area contributed by atoms with E-state index in [1.165, 1.54) is 18.4 Å². The second kappa shape index (κ2) is 14.9. The van der Waals surface area contributed by atoms with Gasteiger partial charge in [-0.1, -0.05) is 43.6 Å². The van der Waals surface area contributed by atoms with Gasteiger partial charge in [0.1, 0.15) is 17.3 Å². The van der Waals surface area contributed by atoms with Crippen molar-refractivity contribution in [2.24, 2.45) is 11.7 Å². The van der Waals surface area contributed by atoms with Crippen molar-refractivity contribution >= 4 is 44.7 Å². The molecule has 0 saturated carbocycles. The number of nitrogens with two attached hydrogens (primary N) is 1. The van der Waals surface area contributed by atoms with E-state index in [1.807, 2.05) is 31.3 Å². The maximum Gasteiger partial charge on any atom is 0.256 e. The molecule has 0 fully saturated rings. The second-order valence-electron chi connectivity index (χ2n) is 13.9. The standard InChI is InChI=1S/C30H29ClN6O3S.C10H10F2O/c1-14(2)9-20-24(28(32)38)26(23-11-16-7-8-34-29(33-4)27(16)41-23)25(30-37-36-15(3)40-30)21(35-20)10-17-13-39-22-12-18(31)5-6-19(17)22;1-13-9-4-2-3-7-5-10(11,12)6-8(7)9/h5-8,11-12,14,17H,9-10,13H2,1-4H3,(H2,32,38)(H,33,34);2-4H,5-6H2,1H3. The zero-order chi connectivity index (χ0) is 38.3. The van der Waals surface area contributed by atoms with Crippen LogP contribution < -0.4 is 20.5 Å². The van der Waals surface area contributed by atoms with Crippen LogP contribution in [0, 0.1) is 12.8 Å². The summed E-state index contributed by atoms with van der Waals surface area (Å²) in [6, 6.07) is 14.9. The van der Waals surface area contributed by atoms with Gasteiger partial charge in [-0.25, -0.2) is 13.8 Å². The highest BCUT2D eigenvalue weighted by Gasteiger charge is 2.39. The van der Waals surface area contributed by atoms with Crippen LogP contribution in [-0.2, 0) is 25.7 Å². The van der Waals surface area contributed by atoms with E-state index in [0.29, 0.717) is 75.5 Å². The lowest BCUT2D eigenvalue weighted by Crippen LogP contribution is -2.20. The topological polar surface area (TPSA) is 138 Å². The monoisotopic (exact) mass is 772 g/mol. The summed E-state index contributed by atoms with van der Waals surface area (Å²) in [5.41, 5.74) is 11.6. The third kappa shape index (κ3) is 7.34. The minimum Gasteiger partial charge on any atom is -0.496 e. The SMILES string of the molecule is CNc1nccc2cc(-c3c(C(N)=O)c(CC(C)C)nc(CC4COc5cc(Cl)ccc54)c3-c3nnc(C)o3)sc12.COc1cccc2c1CC(F)(F)C2. The molecule has 8 rings (SSSR count). The predicted molar refractivity (Wildman–Crippen MR) is 206 cm³/mol. The Morgan fingerprint density at radius 2 is 1.94 bits per heavy atom. The largest absolute Gasteiger partial charge is 0.496 e. The minimum atomic E-state index is -2.59. The van der Waals surface area contributed by atoms with E-state index >= 15 is 0 Å². The highest BCUT2D eigenvalue weighted by atomic mass is 35.5. The van der Waals surface area contributed by atoms with Crippen LogP contribution in [0.5, 0.6) is 11.5 Å². The number of thiophene rings is 1. The number of amides is 1. The zero-order valence-electron chi connectivity index (χ0n) is 30.4. The first-order chi connectivity index (χ1) is 25.8. The van der Waals surface area contributed by atoms with Gasteiger partial charge in [0.05, 0.1) is 40.9 Å². The Balaban J connectivity index is 0.000000291. The van der Waals surface area contributed by atoms with Crippen LogP contribution in [0.2, 0.25) is 5.02 Å². The molecule has 3 N–H and O–H groups in total. The van der Waals surface area contributed by atoms with Crippen LogP contribution in [0.4, 0.5) is 14.6 Å². The number of ether oxygens (including phenoxy) is 2. The number of aryl methyl sites for hydroxylation is 1. The molecule has 10 nitrogen and oxygen atoms in total. The van der Waals surface area contributed by atoms with Crippen LogP contribution in [-0.4, -0.2) is 52.8 Å². The van der Waals surface area contributed by atoms with E-state index in [4.69, 9.17) is 36.2 Å². The average Bonchev–Trinajstić information content (AvgIpc) is 3.91. The third-order valence-corrected chi connectivity index (χ3v) is 10.9. The van der Waals surface area contributed by atoms with E-state index < -0.39 is 11.8 Å². The number of aromatic nitrogens is 4. The molecule has 0 saturated heterocycles. The Bertz CT molecular complexity index is 2380. The normalized spacial score (nSPS) is 15.4. The number of rotatable bonds is 9. The van der Waals surface area contributed by atoms with Crippen molar-refractivity contribution in [3.8, 4) is 33.4 Å². The molecule has 280 valence electrons. The van der Waals surface area contributed by atoms with Crippen molar-refractivity contribution in [3.63, 3.8) is 0 Å². The first-order valence-corrected chi connectivity index (χ1v) is 18.7. The molecule has 1 aliphatic heterocycles. The van der Waals surface area contributed by atoms with Crippen molar-refractivity contribution in [2.45, 2.75) is 58.3 Å². The lowest BCUT2D eigenvalue weighted by molar-refractivity contribution is 0.0127. The fourth-order valence-corrected chi connectivity index (χ4v) is 8.57. The number of benzene rings is 2. The van der Waals surface area contributed by atoms with E-state index in [1.54, 1.807) is 31.3 Å². The second-order valence-corrected chi connectivity index (χ2v) is 15.3. The van der Waals surface area contributed by atoms with Gasteiger partial charge >= 0.3 is 0 Å². The minimum absolute atomic E-state index is 0.0132. The predicted octanol–water partition coefficient (Wildman–Crippen LogP) is 8.86. The number of halogens is 3. The van der Waals surface area contributed by atoms with Gasteiger partial charge in [0.15, 0.2) is 0 Å². The zero-order valence-corrected chi connectivity index (χ0v) is 32.0. The van der Waals surface area contributed by atoms with Crippen LogP contribution in [0.25, 0.3) is 32.0 Å². The van der Waals surface area contributed by atoms with Gasteiger partial charge in [-0.15, -0.1) is 21.5 Å². The molecule has 1 amide bonds. The summed E-state index contributed by atoms with van der Waals surface area (Å²) in [4.78, 5) is 23.7. The Labute approximate surface area is 320 Å². The number of nitrogens with zero attached hydrogens (tertiary/aromatic N) is 4. The number of pyridine rings is 2. The Hall–Kier alpha value is -5.14. The number of anilines is 1. The number of fused-ring (bicyclic) bond motifs is 3. The van der Waals surface area contributed by atoms with E-state index in [0.717, 1.165) is 37.8 Å². The molecule has 4 aromatic heterocycles. The molecule has 0 radical (unpaired) electrons. The number of hydrogen-bond acceptors (Lipinski definition) is 10. The number of alkyl halides is 2. The van der Waals surface area contributed by atoms with Crippen molar-refractivity contribution in [3.05, 3.63) is 99.3 Å². The summed E-state index contributed by atoms with van der Waals surface area (Å²) in [6.45, 7) is 6.40. The highest BCUT2D eigenvalue weighted by Crippen LogP contribution is 2.46. The quantitative estimate of drug-likeness (QED) is 0.148.